The fourth-order valence-electron chi connectivity index (χ4n) is 2.43. The number of benzene rings is 2. The van der Waals surface area contributed by atoms with Crippen molar-refractivity contribution >= 4 is 17.7 Å². The number of aromatic nitrogens is 2. The zero-order chi connectivity index (χ0) is 21.1. The van der Waals surface area contributed by atoms with Gasteiger partial charge in [0, 0.05) is 22.4 Å². The summed E-state index contributed by atoms with van der Waals surface area (Å²) in [6.45, 7) is 5.86. The normalized spacial score (nSPS) is 9.93. The topological polar surface area (TPSA) is 61.3 Å². The zero-order valence-corrected chi connectivity index (χ0v) is 18.0. The number of hydrogen-bond donors (Lipinski definition) is 0. The van der Waals surface area contributed by atoms with Crippen LogP contribution in [0.1, 0.15) is 25.1 Å². The predicted octanol–water partition coefficient (Wildman–Crippen LogP) is 5.32. The summed E-state index contributed by atoms with van der Waals surface area (Å²) >= 11 is 1.69. The molecule has 5 nitrogen and oxygen atoms in total. The van der Waals surface area contributed by atoms with Crippen molar-refractivity contribution in [2.45, 2.75) is 31.4 Å². The first kappa shape index (κ1) is 22.4. The van der Waals surface area contributed by atoms with Crippen molar-refractivity contribution in [3.8, 4) is 17.1 Å². The van der Waals surface area contributed by atoms with E-state index in [0.29, 0.717) is 5.75 Å². The van der Waals surface area contributed by atoms with Crippen LogP contribution in [0, 0.1) is 6.92 Å². The van der Waals surface area contributed by atoms with Gasteiger partial charge < -0.3 is 9.47 Å². The highest BCUT2D eigenvalue weighted by Crippen LogP contribution is 2.28. The highest BCUT2D eigenvalue weighted by atomic mass is 32.2. The van der Waals surface area contributed by atoms with Gasteiger partial charge in [0.25, 0.3) is 0 Å². The molecule has 0 saturated heterocycles. The van der Waals surface area contributed by atoms with Gasteiger partial charge in [0.1, 0.15) is 5.75 Å². The van der Waals surface area contributed by atoms with Crippen LogP contribution in [0.3, 0.4) is 0 Å². The van der Waals surface area contributed by atoms with Crippen molar-refractivity contribution in [2.75, 3.05) is 13.7 Å². The lowest BCUT2D eigenvalue weighted by molar-refractivity contribution is -0.142. The number of thioether (sulfide) groups is 1. The minimum atomic E-state index is -0.397. The van der Waals surface area contributed by atoms with E-state index in [1.807, 2.05) is 75.4 Å². The highest BCUT2D eigenvalue weighted by Gasteiger charge is 2.07. The Bertz CT molecular complexity index is 917. The van der Waals surface area contributed by atoms with Crippen LogP contribution in [0.2, 0.25) is 0 Å². The summed E-state index contributed by atoms with van der Waals surface area (Å²) in [5.74, 6) is 1.75. The molecule has 0 unspecified atom stereocenters. The molecule has 0 aliphatic heterocycles. The maximum Gasteiger partial charge on any atom is 0.343 e. The van der Waals surface area contributed by atoms with Crippen LogP contribution >= 0.6 is 11.8 Å². The van der Waals surface area contributed by atoms with Crippen molar-refractivity contribution in [1.29, 1.82) is 0 Å². The molecule has 3 aromatic rings. The zero-order valence-electron chi connectivity index (χ0n) is 17.2. The maximum atomic E-state index is 11.2. The summed E-state index contributed by atoms with van der Waals surface area (Å²) in [5, 5.41) is 0. The molecular weight excluding hydrogens is 384 g/mol. The molecule has 1 aromatic heterocycles. The van der Waals surface area contributed by atoms with E-state index in [-0.39, 0.29) is 6.61 Å². The van der Waals surface area contributed by atoms with Gasteiger partial charge in [-0.1, -0.05) is 44.2 Å². The van der Waals surface area contributed by atoms with Gasteiger partial charge in [-0.3, -0.25) is 0 Å². The molecule has 0 saturated carbocycles. The van der Waals surface area contributed by atoms with Crippen LogP contribution in [0.25, 0.3) is 11.4 Å². The van der Waals surface area contributed by atoms with Gasteiger partial charge in [0.05, 0.1) is 12.8 Å². The van der Waals surface area contributed by atoms with E-state index in [1.165, 1.54) is 7.11 Å². The molecule has 0 spiro atoms. The lowest BCUT2D eigenvalue weighted by Crippen LogP contribution is -2.12. The number of carbonyl (C=O) groups is 1. The third-order valence-corrected chi connectivity index (χ3v) is 4.88. The first-order valence-corrected chi connectivity index (χ1v) is 10.4. The second-order valence-corrected chi connectivity index (χ2v) is 6.87. The summed E-state index contributed by atoms with van der Waals surface area (Å²) in [5.41, 5.74) is 2.95. The molecule has 6 heteroatoms. The van der Waals surface area contributed by atoms with Crippen LogP contribution in [0.4, 0.5) is 0 Å². The quantitative estimate of drug-likeness (QED) is 0.388. The average molecular weight is 411 g/mol. The molecule has 29 heavy (non-hydrogen) atoms. The van der Waals surface area contributed by atoms with Crippen molar-refractivity contribution in [3.63, 3.8) is 0 Å². The summed E-state index contributed by atoms with van der Waals surface area (Å²) in [6, 6.07) is 17.8. The number of hydrogen-bond acceptors (Lipinski definition) is 6. The summed E-state index contributed by atoms with van der Waals surface area (Å²) < 4.78 is 10.1. The Labute approximate surface area is 176 Å². The Morgan fingerprint density at radius 3 is 2.52 bits per heavy atom. The number of methoxy groups -OCH3 is 1. The monoisotopic (exact) mass is 410 g/mol. The largest absolute Gasteiger partial charge is 0.482 e. The number of aryl methyl sites for hydroxylation is 1. The van der Waals surface area contributed by atoms with Gasteiger partial charge in [-0.15, -0.1) is 11.8 Å². The van der Waals surface area contributed by atoms with E-state index in [2.05, 4.69) is 14.7 Å². The molecule has 0 bridgehead atoms. The van der Waals surface area contributed by atoms with E-state index < -0.39 is 5.97 Å². The van der Waals surface area contributed by atoms with Crippen LogP contribution in [-0.4, -0.2) is 29.7 Å². The Hall–Kier alpha value is -2.86. The molecule has 152 valence electrons. The highest BCUT2D eigenvalue weighted by molar-refractivity contribution is 7.98. The molecule has 0 aliphatic rings. The number of nitrogens with zero attached hydrogens (tertiary/aromatic N) is 2. The third-order valence-electron chi connectivity index (χ3n) is 3.85. The SMILES string of the molecule is CC.COC(=O)COc1ccc(SCc2ccnc(-c3ccccc3)n2)cc1C. The number of ether oxygens (including phenoxy) is 2. The predicted molar refractivity (Wildman–Crippen MR) is 117 cm³/mol. The summed E-state index contributed by atoms with van der Waals surface area (Å²) in [4.78, 5) is 21.3. The molecule has 0 amide bonds. The Morgan fingerprint density at radius 1 is 1.07 bits per heavy atom. The van der Waals surface area contributed by atoms with Gasteiger partial charge in [0.15, 0.2) is 12.4 Å². The lowest BCUT2D eigenvalue weighted by atomic mass is 10.2. The van der Waals surface area contributed by atoms with Crippen LogP contribution in [0.15, 0.2) is 65.7 Å². The van der Waals surface area contributed by atoms with Gasteiger partial charge in [0.2, 0.25) is 0 Å². The second-order valence-electron chi connectivity index (χ2n) is 5.82. The molecule has 0 aliphatic carbocycles. The Kier molecular flexibility index (Phi) is 9.18. The molecule has 1 heterocycles. The fourth-order valence-corrected chi connectivity index (χ4v) is 3.33. The standard InChI is InChI=1S/C21H20N2O3S.C2H6/c1-15-12-18(8-9-19(15)26-13-20(24)25-2)27-14-17-10-11-22-21(23-17)16-6-4-3-5-7-16;1-2/h3-12H,13-14H2,1-2H3;1-2H3. The third kappa shape index (κ3) is 6.91. The number of rotatable bonds is 7. The number of esters is 1. The second kappa shape index (κ2) is 11.9. The van der Waals surface area contributed by atoms with Crippen LogP contribution < -0.4 is 4.74 Å². The van der Waals surface area contributed by atoms with E-state index in [9.17, 15) is 4.79 Å². The molecule has 0 atom stereocenters. The van der Waals surface area contributed by atoms with Crippen LogP contribution in [-0.2, 0) is 15.3 Å². The van der Waals surface area contributed by atoms with Gasteiger partial charge in [-0.25, -0.2) is 14.8 Å². The first-order valence-electron chi connectivity index (χ1n) is 9.46. The Balaban J connectivity index is 0.00000145. The minimum Gasteiger partial charge on any atom is -0.482 e. The fraction of sp³-hybridized carbons (Fsp3) is 0.261. The van der Waals surface area contributed by atoms with Crippen molar-refractivity contribution in [1.82, 2.24) is 9.97 Å². The Morgan fingerprint density at radius 2 is 1.83 bits per heavy atom. The summed E-state index contributed by atoms with van der Waals surface area (Å²) in [6.07, 6.45) is 1.79. The van der Waals surface area contributed by atoms with Crippen molar-refractivity contribution < 1.29 is 14.3 Å². The van der Waals surface area contributed by atoms with Crippen molar-refractivity contribution in [3.05, 3.63) is 72.1 Å². The van der Waals surface area contributed by atoms with E-state index in [0.717, 1.165) is 33.3 Å². The van der Waals surface area contributed by atoms with E-state index in [1.54, 1.807) is 18.0 Å². The first-order chi connectivity index (χ1) is 14.2. The van der Waals surface area contributed by atoms with Gasteiger partial charge in [-0.2, -0.15) is 0 Å². The molecule has 0 fully saturated rings. The lowest BCUT2D eigenvalue weighted by Gasteiger charge is -2.10. The smallest absolute Gasteiger partial charge is 0.343 e. The van der Waals surface area contributed by atoms with E-state index in [4.69, 9.17) is 4.74 Å². The molecular formula is C23H26N2O3S. The number of carbonyl (C=O) groups excluding carboxylic acids is 1. The summed E-state index contributed by atoms with van der Waals surface area (Å²) in [7, 11) is 1.34. The van der Waals surface area contributed by atoms with Gasteiger partial charge >= 0.3 is 5.97 Å². The minimum absolute atomic E-state index is 0.0903. The average Bonchev–Trinajstić information content (AvgIpc) is 2.79. The molecule has 2 aromatic carbocycles. The molecule has 0 radical (unpaired) electrons. The molecule has 3 rings (SSSR count). The van der Waals surface area contributed by atoms with Crippen LogP contribution in [0.5, 0.6) is 5.75 Å². The maximum absolute atomic E-state index is 11.2. The van der Waals surface area contributed by atoms with Crippen molar-refractivity contribution in [2.24, 2.45) is 0 Å². The van der Waals surface area contributed by atoms with Gasteiger partial charge in [-0.05, 0) is 36.8 Å². The molecule has 0 N–H and O–H groups in total. The van der Waals surface area contributed by atoms with E-state index >= 15 is 0 Å².